The first-order valence-corrected chi connectivity index (χ1v) is 17.0. The van der Waals surface area contributed by atoms with Gasteiger partial charge in [0.1, 0.15) is 42.2 Å². The zero-order chi connectivity index (χ0) is 32.6. The maximum atomic E-state index is 14.3. The van der Waals surface area contributed by atoms with E-state index in [4.69, 9.17) is 23.7 Å². The number of ether oxygens (including phenoxy) is 5. The van der Waals surface area contributed by atoms with Gasteiger partial charge in [-0.15, -0.1) is 0 Å². The summed E-state index contributed by atoms with van der Waals surface area (Å²) in [6, 6.07) is 7.64. The van der Waals surface area contributed by atoms with Crippen molar-refractivity contribution in [1.82, 2.24) is 0 Å². The number of fused-ring (bicyclic) bond motifs is 2. The smallest absolute Gasteiger partial charge is 0.316 e. The SMILES string of the molecule is C/C1=C\CC2CC(CC3(CC[C@H](C)[C@@H](C)O3)O2)OC(=O)C2C=C(COc3ccc(C)cc3)[C@@H](O)C3OC/C(=C\C=C\C(C)C1)C23O. The van der Waals surface area contributed by atoms with Crippen LogP contribution in [0.5, 0.6) is 5.75 Å². The second kappa shape index (κ2) is 13.4. The van der Waals surface area contributed by atoms with Crippen LogP contribution >= 0.6 is 0 Å². The monoisotopic (exact) mass is 634 g/mol. The van der Waals surface area contributed by atoms with Crippen molar-refractivity contribution in [2.75, 3.05) is 13.2 Å². The molecule has 0 aromatic heterocycles. The molecular weight excluding hydrogens is 584 g/mol. The molecule has 2 N–H and O–H groups in total. The lowest BCUT2D eigenvalue weighted by Crippen LogP contribution is -2.58. The molecule has 8 heteroatoms. The summed E-state index contributed by atoms with van der Waals surface area (Å²) in [6.45, 7) is 10.7. The molecule has 6 rings (SSSR count). The Balaban J connectivity index is 1.35. The van der Waals surface area contributed by atoms with Gasteiger partial charge in [0.25, 0.3) is 0 Å². The molecule has 1 aliphatic carbocycles. The van der Waals surface area contributed by atoms with E-state index in [0.29, 0.717) is 42.1 Å². The van der Waals surface area contributed by atoms with Crippen LogP contribution in [0.15, 0.2) is 71.4 Å². The Hall–Kier alpha value is -2.75. The van der Waals surface area contributed by atoms with E-state index in [-0.39, 0.29) is 31.3 Å². The van der Waals surface area contributed by atoms with E-state index in [9.17, 15) is 15.0 Å². The van der Waals surface area contributed by atoms with Crippen LogP contribution < -0.4 is 4.74 Å². The lowest BCUT2D eigenvalue weighted by molar-refractivity contribution is -0.332. The van der Waals surface area contributed by atoms with E-state index in [1.165, 1.54) is 5.57 Å². The highest BCUT2D eigenvalue weighted by Crippen LogP contribution is 2.47. The lowest BCUT2D eigenvalue weighted by Gasteiger charge is -2.49. The van der Waals surface area contributed by atoms with E-state index < -0.39 is 41.6 Å². The van der Waals surface area contributed by atoms with Crippen LogP contribution in [0.2, 0.25) is 0 Å². The van der Waals surface area contributed by atoms with Gasteiger partial charge < -0.3 is 33.9 Å². The van der Waals surface area contributed by atoms with Gasteiger partial charge in [0.15, 0.2) is 5.79 Å². The molecule has 250 valence electrons. The van der Waals surface area contributed by atoms with Gasteiger partial charge in [0.2, 0.25) is 0 Å². The van der Waals surface area contributed by atoms with E-state index >= 15 is 0 Å². The van der Waals surface area contributed by atoms with Crippen LogP contribution in [-0.4, -0.2) is 71.3 Å². The van der Waals surface area contributed by atoms with Gasteiger partial charge in [-0.05, 0) is 75.1 Å². The number of allylic oxidation sites excluding steroid dienone is 4. The number of hydrogen-bond donors (Lipinski definition) is 2. The van der Waals surface area contributed by atoms with Crippen molar-refractivity contribution in [3.8, 4) is 5.75 Å². The summed E-state index contributed by atoms with van der Waals surface area (Å²) in [7, 11) is 0. The highest BCUT2D eigenvalue weighted by molar-refractivity contribution is 5.78. The van der Waals surface area contributed by atoms with E-state index in [0.717, 1.165) is 24.8 Å². The van der Waals surface area contributed by atoms with Crippen LogP contribution in [-0.2, 0) is 23.7 Å². The minimum atomic E-state index is -1.78. The van der Waals surface area contributed by atoms with Crippen LogP contribution in [0.3, 0.4) is 0 Å². The highest BCUT2D eigenvalue weighted by atomic mass is 16.7. The van der Waals surface area contributed by atoms with Gasteiger partial charge in [0, 0.05) is 19.3 Å². The normalized spacial score (nSPS) is 42.9. The van der Waals surface area contributed by atoms with E-state index in [2.05, 4.69) is 39.8 Å². The third-order valence-electron chi connectivity index (χ3n) is 10.6. The molecule has 46 heavy (non-hydrogen) atoms. The van der Waals surface area contributed by atoms with Crippen LogP contribution in [0.4, 0.5) is 0 Å². The summed E-state index contributed by atoms with van der Waals surface area (Å²) in [5.41, 5.74) is 1.60. The number of carbonyl (C=O) groups is 1. The van der Waals surface area contributed by atoms with Crippen molar-refractivity contribution in [1.29, 1.82) is 0 Å². The zero-order valence-electron chi connectivity index (χ0n) is 27.8. The molecule has 3 fully saturated rings. The van der Waals surface area contributed by atoms with E-state index in [1.807, 2.05) is 43.3 Å². The minimum absolute atomic E-state index is 0.0234. The molecule has 4 heterocycles. The molecule has 7 unspecified atom stereocenters. The first-order chi connectivity index (χ1) is 22.0. The molecule has 1 spiro atoms. The Morgan fingerprint density at radius 1 is 1.07 bits per heavy atom. The Bertz CT molecular complexity index is 1390. The molecule has 1 aromatic rings. The van der Waals surface area contributed by atoms with Crippen molar-refractivity contribution < 1.29 is 38.7 Å². The summed E-state index contributed by atoms with van der Waals surface area (Å²) < 4.78 is 31.6. The topological polar surface area (TPSA) is 104 Å². The average molecular weight is 635 g/mol. The number of hydrogen-bond acceptors (Lipinski definition) is 8. The Labute approximate surface area is 273 Å². The molecule has 2 bridgehead atoms. The first kappa shape index (κ1) is 33.2. The third kappa shape index (κ3) is 6.78. The number of aliphatic hydroxyl groups is 2. The molecule has 0 saturated carbocycles. The molecule has 1 aromatic carbocycles. The first-order valence-electron chi connectivity index (χ1n) is 17.0. The fourth-order valence-electron chi connectivity index (χ4n) is 7.69. The number of aliphatic hydroxyl groups excluding tert-OH is 1. The van der Waals surface area contributed by atoms with Gasteiger partial charge in [0.05, 0.1) is 18.8 Å². The van der Waals surface area contributed by atoms with Crippen molar-refractivity contribution in [2.24, 2.45) is 17.8 Å². The number of carbonyl (C=O) groups excluding carboxylic acids is 1. The Morgan fingerprint density at radius 2 is 1.85 bits per heavy atom. The Kier molecular flexibility index (Phi) is 9.66. The predicted molar refractivity (Wildman–Crippen MR) is 174 cm³/mol. The van der Waals surface area contributed by atoms with Gasteiger partial charge >= 0.3 is 5.97 Å². The van der Waals surface area contributed by atoms with Gasteiger partial charge in [-0.25, -0.2) is 0 Å². The van der Waals surface area contributed by atoms with Crippen LogP contribution in [0.25, 0.3) is 0 Å². The Morgan fingerprint density at radius 3 is 2.61 bits per heavy atom. The molecule has 4 aliphatic heterocycles. The second-order valence-corrected chi connectivity index (χ2v) is 14.4. The highest BCUT2D eigenvalue weighted by Gasteiger charge is 2.60. The fourth-order valence-corrected chi connectivity index (χ4v) is 7.69. The van der Waals surface area contributed by atoms with Crippen molar-refractivity contribution in [2.45, 2.75) is 115 Å². The third-order valence-corrected chi connectivity index (χ3v) is 10.6. The van der Waals surface area contributed by atoms with Crippen molar-refractivity contribution in [3.63, 3.8) is 0 Å². The summed E-state index contributed by atoms with van der Waals surface area (Å²) >= 11 is 0. The molecule has 3 saturated heterocycles. The quantitative estimate of drug-likeness (QED) is 0.313. The fraction of sp³-hybridized carbons (Fsp3) is 0.605. The molecule has 10 atom stereocenters. The minimum Gasteiger partial charge on any atom is -0.489 e. The van der Waals surface area contributed by atoms with Gasteiger partial charge in [-0.2, -0.15) is 0 Å². The average Bonchev–Trinajstić information content (AvgIpc) is 3.35. The second-order valence-electron chi connectivity index (χ2n) is 14.4. The van der Waals surface area contributed by atoms with Crippen molar-refractivity contribution >= 4 is 5.97 Å². The zero-order valence-corrected chi connectivity index (χ0v) is 27.8. The maximum Gasteiger partial charge on any atom is 0.316 e. The largest absolute Gasteiger partial charge is 0.489 e. The standard InChI is InChI=1S/C38H50O8/c1-23-9-12-30(13-10-23)42-21-28-18-33-36(40)44-32-19-31(46-37(20-32)16-15-26(4)27(5)45-37)14-11-25(3)17-24(2)7-6-8-29-22-43-35(34(28)39)38(29,33)41/h6-13,18,24,26-27,31-35,39,41H,14-17,19-22H2,1-5H3/b7-6+,25-11+,29-8+/t24?,26-,27+,31?,32?,33?,34+,35?,37?,38?/m0/s1. The molecule has 5 aliphatic rings. The number of esters is 1. The lowest BCUT2D eigenvalue weighted by atomic mass is 9.70. The summed E-state index contributed by atoms with van der Waals surface area (Å²) in [6.07, 6.45) is 11.1. The molecule has 0 radical (unpaired) electrons. The molecule has 0 amide bonds. The summed E-state index contributed by atoms with van der Waals surface area (Å²) in [5, 5.41) is 23.8. The predicted octanol–water partition coefficient (Wildman–Crippen LogP) is 5.90. The number of aryl methyl sites for hydroxylation is 1. The van der Waals surface area contributed by atoms with Crippen LogP contribution in [0.1, 0.15) is 71.8 Å². The van der Waals surface area contributed by atoms with Crippen molar-refractivity contribution in [3.05, 3.63) is 76.9 Å². The molecule has 8 nitrogen and oxygen atoms in total. The van der Waals surface area contributed by atoms with Crippen LogP contribution in [0, 0.1) is 24.7 Å². The van der Waals surface area contributed by atoms with Gasteiger partial charge in [-0.3, -0.25) is 4.79 Å². The maximum absolute atomic E-state index is 14.3. The number of rotatable bonds is 3. The van der Waals surface area contributed by atoms with Gasteiger partial charge in [-0.1, -0.05) is 67.5 Å². The summed E-state index contributed by atoms with van der Waals surface area (Å²) in [5.74, 6) is -1.17. The van der Waals surface area contributed by atoms with E-state index in [1.54, 1.807) is 6.08 Å². The summed E-state index contributed by atoms with van der Waals surface area (Å²) in [4.78, 5) is 14.3. The molecular formula is C38H50O8. The number of benzene rings is 1.